The number of aryl methyl sites for hydroxylation is 1. The molecule has 0 fully saturated rings. The predicted molar refractivity (Wildman–Crippen MR) is 111 cm³/mol. The van der Waals surface area contributed by atoms with Crippen LogP contribution in [-0.2, 0) is 0 Å². The second-order valence-corrected chi connectivity index (χ2v) is 7.00. The molecule has 0 aliphatic rings. The zero-order valence-corrected chi connectivity index (χ0v) is 16.3. The molecule has 140 valence electrons. The lowest BCUT2D eigenvalue weighted by molar-refractivity contribution is 0.0940. The molecule has 28 heavy (non-hydrogen) atoms. The molecular formula is C22H19ClN4O. The van der Waals surface area contributed by atoms with Gasteiger partial charge in [0.2, 0.25) is 0 Å². The van der Waals surface area contributed by atoms with E-state index in [-0.39, 0.29) is 11.9 Å². The standard InChI is InChI=1S/C22H19ClN4O/c1-14(16-9-5-3-6-10-16)25-22(28)18-13-24-21-19(20(18)23)15(2)26-27(21)17-11-7-4-8-12-17/h3-14H,1-2H3,(H,25,28). The number of carbonyl (C=O) groups is 1. The summed E-state index contributed by atoms with van der Waals surface area (Å²) in [7, 11) is 0. The summed E-state index contributed by atoms with van der Waals surface area (Å²) >= 11 is 6.62. The number of hydrogen-bond acceptors (Lipinski definition) is 3. The van der Waals surface area contributed by atoms with Crippen molar-refractivity contribution in [2.45, 2.75) is 19.9 Å². The lowest BCUT2D eigenvalue weighted by Gasteiger charge is -2.15. The molecule has 1 amide bonds. The molecule has 0 aliphatic carbocycles. The summed E-state index contributed by atoms with van der Waals surface area (Å²) < 4.78 is 1.74. The Bertz CT molecular complexity index is 1140. The second kappa shape index (κ2) is 7.44. The first-order valence-electron chi connectivity index (χ1n) is 9.01. The Morgan fingerprint density at radius 3 is 2.39 bits per heavy atom. The van der Waals surface area contributed by atoms with Crippen LogP contribution in [0.2, 0.25) is 5.02 Å². The van der Waals surface area contributed by atoms with E-state index in [0.717, 1.165) is 16.9 Å². The Kier molecular flexibility index (Phi) is 4.84. The third kappa shape index (κ3) is 3.25. The van der Waals surface area contributed by atoms with Gasteiger partial charge in [-0.25, -0.2) is 9.67 Å². The number of hydrogen-bond donors (Lipinski definition) is 1. The molecule has 0 spiro atoms. The maximum absolute atomic E-state index is 12.8. The number of nitrogens with zero attached hydrogens (tertiary/aromatic N) is 3. The molecule has 2 aromatic heterocycles. The summed E-state index contributed by atoms with van der Waals surface area (Å²) in [6.45, 7) is 3.80. The predicted octanol–water partition coefficient (Wildman–Crippen LogP) is 4.87. The number of halogens is 1. The van der Waals surface area contributed by atoms with Gasteiger partial charge in [-0.1, -0.05) is 60.1 Å². The van der Waals surface area contributed by atoms with Crippen molar-refractivity contribution >= 4 is 28.5 Å². The molecule has 0 radical (unpaired) electrons. The summed E-state index contributed by atoms with van der Waals surface area (Å²) in [5, 5.41) is 8.60. The van der Waals surface area contributed by atoms with Gasteiger partial charge in [0, 0.05) is 6.20 Å². The van der Waals surface area contributed by atoms with E-state index in [1.807, 2.05) is 74.5 Å². The molecule has 4 aromatic rings. The van der Waals surface area contributed by atoms with Crippen LogP contribution in [0.15, 0.2) is 66.9 Å². The normalized spacial score (nSPS) is 12.1. The van der Waals surface area contributed by atoms with Crippen LogP contribution in [0.1, 0.15) is 34.6 Å². The van der Waals surface area contributed by atoms with Gasteiger partial charge in [0.15, 0.2) is 5.65 Å². The molecule has 1 N–H and O–H groups in total. The number of carbonyl (C=O) groups excluding carboxylic acids is 1. The van der Waals surface area contributed by atoms with Crippen LogP contribution in [0, 0.1) is 6.92 Å². The number of aromatic nitrogens is 3. The molecule has 6 heteroatoms. The summed E-state index contributed by atoms with van der Waals surface area (Å²) in [5.74, 6) is -0.261. The highest BCUT2D eigenvalue weighted by Crippen LogP contribution is 2.30. The summed E-state index contributed by atoms with van der Waals surface area (Å²) in [5.41, 5.74) is 3.60. The molecular weight excluding hydrogens is 372 g/mol. The molecule has 4 rings (SSSR count). The van der Waals surface area contributed by atoms with Crippen LogP contribution in [0.3, 0.4) is 0 Å². The first-order valence-corrected chi connectivity index (χ1v) is 9.39. The van der Waals surface area contributed by atoms with Crippen LogP contribution in [0.5, 0.6) is 0 Å². The number of fused-ring (bicyclic) bond motifs is 1. The molecule has 0 saturated carbocycles. The lowest BCUT2D eigenvalue weighted by Crippen LogP contribution is -2.27. The van der Waals surface area contributed by atoms with Gasteiger partial charge in [-0.15, -0.1) is 0 Å². The summed E-state index contributed by atoms with van der Waals surface area (Å²) in [6.07, 6.45) is 1.51. The Morgan fingerprint density at radius 2 is 1.71 bits per heavy atom. The summed E-state index contributed by atoms with van der Waals surface area (Å²) in [6, 6.07) is 19.4. The number of benzene rings is 2. The van der Waals surface area contributed by atoms with E-state index in [9.17, 15) is 4.79 Å². The van der Waals surface area contributed by atoms with Gasteiger partial charge in [0.1, 0.15) is 0 Å². The van der Waals surface area contributed by atoms with Crippen LogP contribution in [-0.4, -0.2) is 20.7 Å². The molecule has 0 aliphatic heterocycles. The van der Waals surface area contributed by atoms with Crippen molar-refractivity contribution in [2.75, 3.05) is 0 Å². The first kappa shape index (κ1) is 18.2. The van der Waals surface area contributed by atoms with Crippen LogP contribution in [0.25, 0.3) is 16.7 Å². The Labute approximate surface area is 168 Å². The van der Waals surface area contributed by atoms with E-state index in [0.29, 0.717) is 21.6 Å². The molecule has 1 unspecified atom stereocenters. The Hall–Kier alpha value is -3.18. The van der Waals surface area contributed by atoms with E-state index < -0.39 is 0 Å². The fourth-order valence-electron chi connectivity index (χ4n) is 3.22. The number of para-hydroxylation sites is 1. The van der Waals surface area contributed by atoms with Crippen LogP contribution in [0.4, 0.5) is 0 Å². The third-order valence-electron chi connectivity index (χ3n) is 4.70. The van der Waals surface area contributed by atoms with Crippen LogP contribution >= 0.6 is 11.6 Å². The number of amides is 1. The monoisotopic (exact) mass is 390 g/mol. The maximum atomic E-state index is 12.8. The maximum Gasteiger partial charge on any atom is 0.254 e. The summed E-state index contributed by atoms with van der Waals surface area (Å²) in [4.78, 5) is 17.3. The minimum Gasteiger partial charge on any atom is -0.345 e. The lowest BCUT2D eigenvalue weighted by atomic mass is 10.1. The van der Waals surface area contributed by atoms with E-state index in [2.05, 4.69) is 15.4 Å². The van der Waals surface area contributed by atoms with Crippen molar-refractivity contribution in [3.8, 4) is 5.69 Å². The van der Waals surface area contributed by atoms with Gasteiger partial charge in [-0.3, -0.25) is 4.79 Å². The number of nitrogens with one attached hydrogen (secondary N) is 1. The van der Waals surface area contributed by atoms with Gasteiger partial charge < -0.3 is 5.32 Å². The highest BCUT2D eigenvalue weighted by Gasteiger charge is 2.21. The number of rotatable bonds is 4. The third-order valence-corrected chi connectivity index (χ3v) is 5.09. The minimum atomic E-state index is -0.261. The van der Waals surface area contributed by atoms with Crippen molar-refractivity contribution in [2.24, 2.45) is 0 Å². The molecule has 2 aromatic carbocycles. The fourth-order valence-corrected chi connectivity index (χ4v) is 3.57. The Balaban J connectivity index is 1.70. The van der Waals surface area contributed by atoms with E-state index in [4.69, 9.17) is 11.6 Å². The molecule has 2 heterocycles. The zero-order valence-electron chi connectivity index (χ0n) is 15.6. The molecule has 5 nitrogen and oxygen atoms in total. The average molecular weight is 391 g/mol. The van der Waals surface area contributed by atoms with E-state index in [1.165, 1.54) is 6.20 Å². The van der Waals surface area contributed by atoms with Crippen LogP contribution < -0.4 is 5.32 Å². The SMILES string of the molecule is Cc1nn(-c2ccccc2)c2ncc(C(=O)NC(C)c3ccccc3)c(Cl)c12. The highest BCUT2D eigenvalue weighted by atomic mass is 35.5. The molecule has 0 saturated heterocycles. The van der Waals surface area contributed by atoms with Gasteiger partial charge in [0.05, 0.1) is 33.4 Å². The van der Waals surface area contributed by atoms with Gasteiger partial charge in [0.25, 0.3) is 5.91 Å². The van der Waals surface area contributed by atoms with Crippen molar-refractivity contribution in [3.63, 3.8) is 0 Å². The van der Waals surface area contributed by atoms with Gasteiger partial charge in [-0.05, 0) is 31.5 Å². The minimum absolute atomic E-state index is 0.145. The van der Waals surface area contributed by atoms with Crippen molar-refractivity contribution in [1.29, 1.82) is 0 Å². The first-order chi connectivity index (χ1) is 13.6. The zero-order chi connectivity index (χ0) is 19.7. The van der Waals surface area contributed by atoms with Gasteiger partial charge >= 0.3 is 0 Å². The quantitative estimate of drug-likeness (QED) is 0.540. The highest BCUT2D eigenvalue weighted by molar-refractivity contribution is 6.38. The number of pyridine rings is 1. The van der Waals surface area contributed by atoms with E-state index in [1.54, 1.807) is 4.68 Å². The average Bonchev–Trinajstić information content (AvgIpc) is 3.07. The smallest absolute Gasteiger partial charge is 0.254 e. The topological polar surface area (TPSA) is 59.8 Å². The molecule has 1 atom stereocenters. The Morgan fingerprint density at radius 1 is 1.07 bits per heavy atom. The van der Waals surface area contributed by atoms with Crippen molar-refractivity contribution in [3.05, 3.63) is 88.7 Å². The van der Waals surface area contributed by atoms with E-state index >= 15 is 0 Å². The fraction of sp³-hybridized carbons (Fsp3) is 0.136. The molecule has 0 bridgehead atoms. The van der Waals surface area contributed by atoms with Crippen molar-refractivity contribution in [1.82, 2.24) is 20.1 Å². The van der Waals surface area contributed by atoms with Crippen molar-refractivity contribution < 1.29 is 4.79 Å². The van der Waals surface area contributed by atoms with Gasteiger partial charge in [-0.2, -0.15) is 5.10 Å². The largest absolute Gasteiger partial charge is 0.345 e. The second-order valence-electron chi connectivity index (χ2n) is 6.62.